The van der Waals surface area contributed by atoms with Crippen LogP contribution in [-0.2, 0) is 5.75 Å². The first kappa shape index (κ1) is 14.9. The van der Waals surface area contributed by atoms with Crippen LogP contribution < -0.4 is 11.4 Å². The molecular formula is C15H11ClFN3OS. The molecule has 0 amide bonds. The van der Waals surface area contributed by atoms with Crippen LogP contribution in [0.4, 0.5) is 4.39 Å². The van der Waals surface area contributed by atoms with Gasteiger partial charge in [-0.3, -0.25) is 4.79 Å². The molecule has 0 spiro atoms. The number of thioether (sulfide) groups is 1. The molecule has 1 heterocycles. The molecule has 0 aliphatic rings. The molecule has 7 heteroatoms. The fourth-order valence-electron chi connectivity index (χ4n) is 2.03. The molecule has 0 saturated carbocycles. The van der Waals surface area contributed by atoms with Crippen molar-refractivity contribution in [2.45, 2.75) is 10.9 Å². The van der Waals surface area contributed by atoms with Gasteiger partial charge in [0.15, 0.2) is 5.16 Å². The van der Waals surface area contributed by atoms with Crippen LogP contribution in [0, 0.1) is 5.82 Å². The zero-order chi connectivity index (χ0) is 15.7. The Balaban J connectivity index is 1.96. The van der Waals surface area contributed by atoms with E-state index in [1.165, 1.54) is 23.9 Å². The fraction of sp³-hybridized carbons (Fsp3) is 0.0667. The Morgan fingerprint density at radius 2 is 2.09 bits per heavy atom. The first-order valence-electron chi connectivity index (χ1n) is 6.39. The van der Waals surface area contributed by atoms with E-state index in [0.29, 0.717) is 26.8 Å². The van der Waals surface area contributed by atoms with Crippen molar-refractivity contribution in [2.75, 3.05) is 5.84 Å². The number of fused-ring (bicyclic) bond motifs is 1. The molecule has 0 bridgehead atoms. The zero-order valence-electron chi connectivity index (χ0n) is 11.3. The van der Waals surface area contributed by atoms with Gasteiger partial charge in [-0.2, -0.15) is 0 Å². The summed E-state index contributed by atoms with van der Waals surface area (Å²) in [5, 5.41) is 1.25. The van der Waals surface area contributed by atoms with Crippen molar-refractivity contribution < 1.29 is 4.39 Å². The number of nitrogen functional groups attached to an aromatic ring is 1. The van der Waals surface area contributed by atoms with Gasteiger partial charge in [-0.1, -0.05) is 35.5 Å². The zero-order valence-corrected chi connectivity index (χ0v) is 12.9. The van der Waals surface area contributed by atoms with Crippen molar-refractivity contribution in [3.8, 4) is 0 Å². The Morgan fingerprint density at radius 3 is 2.86 bits per heavy atom. The molecule has 0 unspecified atom stereocenters. The minimum absolute atomic E-state index is 0.304. The van der Waals surface area contributed by atoms with Gasteiger partial charge in [0, 0.05) is 10.8 Å². The van der Waals surface area contributed by atoms with Gasteiger partial charge < -0.3 is 5.84 Å². The summed E-state index contributed by atoms with van der Waals surface area (Å²) in [6, 6.07) is 11.1. The second-order valence-electron chi connectivity index (χ2n) is 4.65. The standard InChI is InChI=1S/C15H11ClFN3OS/c16-10-4-5-12-13(7-10)19-15(20(18)14(12)21)22-8-9-2-1-3-11(17)6-9/h1-7H,8,18H2. The second-order valence-corrected chi connectivity index (χ2v) is 6.03. The minimum Gasteiger partial charge on any atom is -0.334 e. The van der Waals surface area contributed by atoms with E-state index in [4.69, 9.17) is 17.4 Å². The monoisotopic (exact) mass is 335 g/mol. The molecule has 0 aliphatic heterocycles. The summed E-state index contributed by atoms with van der Waals surface area (Å²) in [6.07, 6.45) is 0. The highest BCUT2D eigenvalue weighted by Gasteiger charge is 2.10. The number of benzene rings is 2. The molecule has 22 heavy (non-hydrogen) atoms. The highest BCUT2D eigenvalue weighted by molar-refractivity contribution is 7.98. The normalized spacial score (nSPS) is 11.0. The van der Waals surface area contributed by atoms with Crippen LogP contribution in [0.5, 0.6) is 0 Å². The Kier molecular flexibility index (Phi) is 4.04. The molecule has 1 aromatic heterocycles. The number of hydrogen-bond donors (Lipinski definition) is 1. The van der Waals surface area contributed by atoms with E-state index in [1.54, 1.807) is 30.3 Å². The van der Waals surface area contributed by atoms with Crippen LogP contribution in [0.25, 0.3) is 10.9 Å². The van der Waals surface area contributed by atoms with Gasteiger partial charge in [0.2, 0.25) is 0 Å². The molecule has 0 saturated heterocycles. The highest BCUT2D eigenvalue weighted by atomic mass is 35.5. The molecule has 0 aliphatic carbocycles. The molecule has 0 radical (unpaired) electrons. The van der Waals surface area contributed by atoms with Gasteiger partial charge in [0.25, 0.3) is 5.56 Å². The first-order valence-corrected chi connectivity index (χ1v) is 7.75. The Hall–Kier alpha value is -2.05. The van der Waals surface area contributed by atoms with Crippen LogP contribution in [0.2, 0.25) is 5.02 Å². The second kappa shape index (κ2) is 5.98. The molecular weight excluding hydrogens is 325 g/mol. The van der Waals surface area contributed by atoms with E-state index in [0.717, 1.165) is 10.2 Å². The van der Waals surface area contributed by atoms with Crippen LogP contribution in [0.1, 0.15) is 5.56 Å². The van der Waals surface area contributed by atoms with E-state index in [2.05, 4.69) is 4.98 Å². The van der Waals surface area contributed by atoms with Crippen molar-refractivity contribution >= 4 is 34.3 Å². The quantitative estimate of drug-likeness (QED) is 0.453. The summed E-state index contributed by atoms with van der Waals surface area (Å²) >= 11 is 7.19. The van der Waals surface area contributed by atoms with E-state index in [1.807, 2.05) is 0 Å². The van der Waals surface area contributed by atoms with Crippen molar-refractivity contribution in [1.29, 1.82) is 0 Å². The number of nitrogens with zero attached hydrogens (tertiary/aromatic N) is 2. The van der Waals surface area contributed by atoms with E-state index < -0.39 is 0 Å². The largest absolute Gasteiger partial charge is 0.334 e. The SMILES string of the molecule is Nn1c(SCc2cccc(F)c2)nc2cc(Cl)ccc2c1=O. The maximum atomic E-state index is 13.2. The summed E-state index contributed by atoms with van der Waals surface area (Å²) in [5.74, 6) is 5.94. The predicted octanol–water partition coefficient (Wildman–Crippen LogP) is 3.20. The van der Waals surface area contributed by atoms with Gasteiger partial charge in [-0.25, -0.2) is 14.1 Å². The van der Waals surface area contributed by atoms with Crippen molar-refractivity contribution in [1.82, 2.24) is 9.66 Å². The Bertz CT molecular complexity index is 913. The lowest BCUT2D eigenvalue weighted by Crippen LogP contribution is -2.29. The van der Waals surface area contributed by atoms with E-state index >= 15 is 0 Å². The average Bonchev–Trinajstić information content (AvgIpc) is 2.49. The molecule has 2 N–H and O–H groups in total. The summed E-state index contributed by atoms with van der Waals surface area (Å²) in [5.41, 5.74) is 0.926. The molecule has 0 atom stereocenters. The van der Waals surface area contributed by atoms with Crippen LogP contribution >= 0.6 is 23.4 Å². The topological polar surface area (TPSA) is 60.9 Å². The maximum Gasteiger partial charge on any atom is 0.280 e. The van der Waals surface area contributed by atoms with E-state index in [-0.39, 0.29) is 11.4 Å². The molecule has 3 aromatic rings. The molecule has 2 aromatic carbocycles. The number of rotatable bonds is 3. The molecule has 0 fully saturated rings. The van der Waals surface area contributed by atoms with Crippen LogP contribution in [0.15, 0.2) is 52.4 Å². The minimum atomic E-state index is -0.344. The maximum absolute atomic E-state index is 13.2. The number of halogens is 2. The van der Waals surface area contributed by atoms with Crippen LogP contribution in [-0.4, -0.2) is 9.66 Å². The third-order valence-corrected chi connectivity index (χ3v) is 4.35. The highest BCUT2D eigenvalue weighted by Crippen LogP contribution is 2.22. The molecule has 4 nitrogen and oxygen atoms in total. The smallest absolute Gasteiger partial charge is 0.280 e. The summed E-state index contributed by atoms with van der Waals surface area (Å²) < 4.78 is 14.2. The van der Waals surface area contributed by atoms with Gasteiger partial charge in [0.05, 0.1) is 10.9 Å². The first-order chi connectivity index (χ1) is 10.5. The summed E-state index contributed by atoms with van der Waals surface area (Å²) in [6.45, 7) is 0. The van der Waals surface area contributed by atoms with Crippen molar-refractivity contribution in [3.05, 3.63) is 69.2 Å². The lowest BCUT2D eigenvalue weighted by molar-refractivity contribution is 0.626. The van der Waals surface area contributed by atoms with Crippen LogP contribution in [0.3, 0.4) is 0 Å². The number of nitrogens with two attached hydrogens (primary N) is 1. The fourth-order valence-corrected chi connectivity index (χ4v) is 3.05. The Morgan fingerprint density at radius 1 is 1.27 bits per heavy atom. The van der Waals surface area contributed by atoms with Gasteiger partial charge >= 0.3 is 0 Å². The molecule has 3 rings (SSSR count). The Labute approximate surface area is 134 Å². The third-order valence-electron chi connectivity index (χ3n) is 3.09. The van der Waals surface area contributed by atoms with E-state index in [9.17, 15) is 9.18 Å². The van der Waals surface area contributed by atoms with Gasteiger partial charge in [-0.05, 0) is 35.9 Å². The lowest BCUT2D eigenvalue weighted by Gasteiger charge is -2.08. The van der Waals surface area contributed by atoms with Gasteiger partial charge in [-0.15, -0.1) is 0 Å². The summed E-state index contributed by atoms with van der Waals surface area (Å²) in [4.78, 5) is 16.6. The van der Waals surface area contributed by atoms with Crippen molar-refractivity contribution in [3.63, 3.8) is 0 Å². The molecule has 112 valence electrons. The predicted molar refractivity (Wildman–Crippen MR) is 87.1 cm³/mol. The van der Waals surface area contributed by atoms with Gasteiger partial charge in [0.1, 0.15) is 5.82 Å². The average molecular weight is 336 g/mol. The number of hydrogen-bond acceptors (Lipinski definition) is 4. The van der Waals surface area contributed by atoms with Crippen molar-refractivity contribution in [2.24, 2.45) is 0 Å². The summed E-state index contributed by atoms with van der Waals surface area (Å²) in [7, 11) is 0. The lowest BCUT2D eigenvalue weighted by atomic mass is 10.2. The third kappa shape index (κ3) is 2.93. The number of aromatic nitrogens is 2.